The van der Waals surface area contributed by atoms with E-state index in [4.69, 9.17) is 27.9 Å². The van der Waals surface area contributed by atoms with E-state index in [0.717, 1.165) is 11.1 Å². The highest BCUT2D eigenvalue weighted by Crippen LogP contribution is 2.45. The molecule has 0 bridgehead atoms. The number of hydrogen-bond donors (Lipinski definition) is 0. The molecule has 1 heterocycles. The van der Waals surface area contributed by atoms with Gasteiger partial charge in [0.05, 0.1) is 29.0 Å². The van der Waals surface area contributed by atoms with E-state index >= 15 is 0 Å². The lowest BCUT2D eigenvalue weighted by Gasteiger charge is -2.48. The van der Waals surface area contributed by atoms with E-state index in [1.807, 2.05) is 31.2 Å². The fraction of sp³-hybridized carbons (Fsp3) is 0.462. The Kier molecular flexibility index (Phi) is 8.54. The van der Waals surface area contributed by atoms with E-state index < -0.39 is 44.8 Å². The van der Waals surface area contributed by atoms with Gasteiger partial charge in [-0.05, 0) is 62.6 Å². The van der Waals surface area contributed by atoms with Crippen LogP contribution in [0.4, 0.5) is 0 Å². The fourth-order valence-electron chi connectivity index (χ4n) is 4.22. The van der Waals surface area contributed by atoms with E-state index in [1.165, 1.54) is 0 Å². The third kappa shape index (κ3) is 6.00. The van der Waals surface area contributed by atoms with E-state index in [0.29, 0.717) is 16.5 Å². The van der Waals surface area contributed by atoms with E-state index in [1.54, 1.807) is 56.0 Å². The number of ether oxygens (including phenoxy) is 1. The van der Waals surface area contributed by atoms with Gasteiger partial charge < -0.3 is 9.64 Å². The highest BCUT2D eigenvalue weighted by Gasteiger charge is 2.48. The second-order valence-corrected chi connectivity index (χ2v) is 13.3. The Labute approximate surface area is 217 Å². The van der Waals surface area contributed by atoms with Crippen molar-refractivity contribution in [1.29, 1.82) is 5.26 Å². The van der Waals surface area contributed by atoms with E-state index in [2.05, 4.69) is 0 Å². The monoisotopic (exact) mass is 536 g/mol. The van der Waals surface area contributed by atoms with Crippen molar-refractivity contribution in [2.24, 2.45) is 0 Å². The largest absolute Gasteiger partial charge is 0.357 e. The summed E-state index contributed by atoms with van der Waals surface area (Å²) >= 11 is 12.4. The van der Waals surface area contributed by atoms with Crippen LogP contribution in [0.3, 0.4) is 0 Å². The van der Waals surface area contributed by atoms with Crippen LogP contribution in [0, 0.1) is 11.3 Å². The lowest BCUT2D eigenvalue weighted by molar-refractivity contribution is -0.178. The molecule has 2 aromatic carbocycles. The first-order valence-corrected chi connectivity index (χ1v) is 13.9. The molecule has 0 aromatic heterocycles. The Morgan fingerprint density at radius 1 is 1.09 bits per heavy atom. The van der Waals surface area contributed by atoms with Crippen LogP contribution in [0.5, 0.6) is 0 Å². The topological polar surface area (TPSA) is 87.5 Å². The Morgan fingerprint density at radius 3 is 2.29 bits per heavy atom. The molecular weight excluding hydrogens is 507 g/mol. The smallest absolute Gasteiger partial charge is 0.253 e. The Bertz CT molecular complexity index is 1200. The number of halogens is 2. The molecule has 1 amide bonds. The maximum Gasteiger partial charge on any atom is 0.253 e. The van der Waals surface area contributed by atoms with Gasteiger partial charge in [0.2, 0.25) is 0 Å². The molecule has 1 fully saturated rings. The molecule has 3 rings (SSSR count). The molecule has 4 atom stereocenters. The van der Waals surface area contributed by atoms with Crippen LogP contribution in [0.15, 0.2) is 48.5 Å². The summed E-state index contributed by atoms with van der Waals surface area (Å²) in [6, 6.07) is 15.0. The van der Waals surface area contributed by atoms with Gasteiger partial charge in [0.15, 0.2) is 9.84 Å². The van der Waals surface area contributed by atoms with Crippen LogP contribution in [0.25, 0.3) is 0 Å². The van der Waals surface area contributed by atoms with Crippen molar-refractivity contribution >= 4 is 38.9 Å². The minimum atomic E-state index is -3.55. The van der Waals surface area contributed by atoms with Gasteiger partial charge in [-0.25, -0.2) is 8.42 Å². The van der Waals surface area contributed by atoms with Crippen molar-refractivity contribution < 1.29 is 17.9 Å². The zero-order valence-corrected chi connectivity index (χ0v) is 22.6. The van der Waals surface area contributed by atoms with Gasteiger partial charge in [-0.3, -0.25) is 4.79 Å². The molecule has 0 radical (unpaired) electrons. The maximum atomic E-state index is 13.7. The molecule has 9 heteroatoms. The molecular formula is C26H30Cl2N2O4S. The predicted molar refractivity (Wildman–Crippen MR) is 138 cm³/mol. The van der Waals surface area contributed by atoms with Crippen LogP contribution in [-0.4, -0.2) is 41.9 Å². The quantitative estimate of drug-likeness (QED) is 0.438. The number of hydrogen-bond acceptors (Lipinski definition) is 5. The average molecular weight is 538 g/mol. The molecule has 1 saturated heterocycles. The minimum absolute atomic E-state index is 0.151. The fourth-order valence-corrected chi connectivity index (χ4v) is 5.95. The number of benzene rings is 2. The van der Waals surface area contributed by atoms with Crippen molar-refractivity contribution in [3.63, 3.8) is 0 Å². The number of carbonyl (C=O) groups excluding carboxylic acids is 1. The normalized spacial score (nSPS) is 22.0. The van der Waals surface area contributed by atoms with Gasteiger partial charge in [-0.2, -0.15) is 5.26 Å². The molecule has 188 valence electrons. The first-order chi connectivity index (χ1) is 16.4. The number of carbonyl (C=O) groups is 1. The van der Waals surface area contributed by atoms with Gasteiger partial charge in [0.25, 0.3) is 5.91 Å². The van der Waals surface area contributed by atoms with Crippen molar-refractivity contribution in [2.75, 3.05) is 5.75 Å². The Balaban J connectivity index is 2.20. The van der Waals surface area contributed by atoms with Gasteiger partial charge in [-0.1, -0.05) is 54.4 Å². The molecule has 0 saturated carbocycles. The van der Waals surface area contributed by atoms with Crippen LogP contribution in [0.1, 0.15) is 63.8 Å². The zero-order valence-electron chi connectivity index (χ0n) is 20.2. The Morgan fingerprint density at radius 2 is 1.74 bits per heavy atom. The lowest BCUT2D eigenvalue weighted by Crippen LogP contribution is -2.56. The molecule has 4 unspecified atom stereocenters. The second-order valence-electron chi connectivity index (χ2n) is 9.66. The Hall–Kier alpha value is -2.11. The van der Waals surface area contributed by atoms with Crippen LogP contribution in [0.2, 0.25) is 10.0 Å². The summed E-state index contributed by atoms with van der Waals surface area (Å²) < 4.78 is 31.7. The maximum absolute atomic E-state index is 13.7. The van der Waals surface area contributed by atoms with Crippen molar-refractivity contribution in [3.8, 4) is 6.07 Å². The summed E-state index contributed by atoms with van der Waals surface area (Å²) in [5, 5.41) is 10.4. The first-order valence-electron chi connectivity index (χ1n) is 11.5. The lowest BCUT2D eigenvalue weighted by atomic mass is 9.90. The molecule has 0 spiro atoms. The van der Waals surface area contributed by atoms with Crippen molar-refractivity contribution in [3.05, 3.63) is 69.7 Å². The average Bonchev–Trinajstić information content (AvgIpc) is 2.78. The summed E-state index contributed by atoms with van der Waals surface area (Å²) in [4.78, 5) is 15.4. The van der Waals surface area contributed by atoms with Crippen molar-refractivity contribution in [2.45, 2.75) is 69.6 Å². The van der Waals surface area contributed by atoms with Crippen LogP contribution < -0.4 is 0 Å². The van der Waals surface area contributed by atoms with E-state index in [9.17, 15) is 18.5 Å². The third-order valence-corrected chi connectivity index (χ3v) is 9.48. The zero-order chi connectivity index (χ0) is 26.0. The summed E-state index contributed by atoms with van der Waals surface area (Å²) in [6.07, 6.45) is -1.44. The van der Waals surface area contributed by atoms with Crippen LogP contribution in [-0.2, 0) is 19.4 Å². The summed E-state index contributed by atoms with van der Waals surface area (Å²) in [5.41, 5.74) is 1.47. The minimum Gasteiger partial charge on any atom is -0.357 e. The summed E-state index contributed by atoms with van der Waals surface area (Å²) in [5.74, 6) is -0.606. The highest BCUT2D eigenvalue weighted by atomic mass is 35.5. The van der Waals surface area contributed by atoms with Gasteiger partial charge in [0, 0.05) is 16.1 Å². The summed E-state index contributed by atoms with van der Waals surface area (Å²) in [6.45, 7) is 6.82. The molecule has 35 heavy (non-hydrogen) atoms. The molecule has 0 aliphatic carbocycles. The number of sulfone groups is 1. The SMILES string of the molecule is CCC(CS(=O)(=O)C(C)(C)C)N1C(=O)C(CC#N)OC(c2cccc(Cl)c2)C1c1ccc(Cl)cc1. The number of rotatable bonds is 7. The molecule has 1 aliphatic rings. The van der Waals surface area contributed by atoms with Gasteiger partial charge in [0.1, 0.15) is 12.2 Å². The van der Waals surface area contributed by atoms with E-state index in [-0.39, 0.29) is 12.2 Å². The standard InChI is InChI=1S/C26H30Cl2N2O4S/c1-5-21(16-35(32,33)26(2,3)4)30-23(17-9-11-19(27)12-10-17)24(18-7-6-8-20(28)15-18)34-22(13-14-29)25(30)31/h6-12,15,21-24H,5,13,16H2,1-4H3. The van der Waals surface area contributed by atoms with Crippen LogP contribution >= 0.6 is 23.2 Å². The number of nitriles is 1. The summed E-state index contributed by atoms with van der Waals surface area (Å²) in [7, 11) is -3.55. The van der Waals surface area contributed by atoms with Gasteiger partial charge in [-0.15, -0.1) is 0 Å². The number of morpholine rings is 1. The molecule has 0 N–H and O–H groups in total. The first kappa shape index (κ1) is 27.5. The second kappa shape index (κ2) is 10.9. The predicted octanol–water partition coefficient (Wildman–Crippen LogP) is 5.91. The molecule has 6 nitrogen and oxygen atoms in total. The van der Waals surface area contributed by atoms with Crippen molar-refractivity contribution in [1.82, 2.24) is 4.90 Å². The number of nitrogens with zero attached hydrogens (tertiary/aromatic N) is 2. The highest BCUT2D eigenvalue weighted by molar-refractivity contribution is 7.92. The third-order valence-electron chi connectivity index (χ3n) is 6.30. The number of amides is 1. The molecule has 2 aromatic rings. The van der Waals surface area contributed by atoms with Gasteiger partial charge >= 0.3 is 0 Å². The molecule has 1 aliphatic heterocycles.